The summed E-state index contributed by atoms with van der Waals surface area (Å²) in [6.45, 7) is 1.52. The van der Waals surface area contributed by atoms with Crippen molar-refractivity contribution in [2.45, 2.75) is 18.9 Å². The molecule has 0 spiro atoms. The molecule has 0 unspecified atom stereocenters. The van der Waals surface area contributed by atoms with Crippen LogP contribution in [0.15, 0.2) is 48.7 Å². The number of aromatic nitrogens is 3. The van der Waals surface area contributed by atoms with Crippen molar-refractivity contribution in [1.82, 2.24) is 19.9 Å². The number of benzene rings is 1. The normalized spacial score (nSPS) is 15.5. The second-order valence-electron chi connectivity index (χ2n) is 6.14. The molecule has 0 bridgehead atoms. The van der Waals surface area contributed by atoms with Crippen LogP contribution < -0.4 is 10.2 Å². The fourth-order valence-electron chi connectivity index (χ4n) is 3.18. The van der Waals surface area contributed by atoms with Crippen LogP contribution in [0.4, 0.5) is 10.3 Å². The van der Waals surface area contributed by atoms with Gasteiger partial charge in [-0.25, -0.2) is 4.39 Å². The summed E-state index contributed by atoms with van der Waals surface area (Å²) < 4.78 is 15.7. The Kier molecular flexibility index (Phi) is 4.05. The Morgan fingerprint density at radius 3 is 2.64 bits per heavy atom. The number of rotatable bonds is 3. The van der Waals surface area contributed by atoms with Gasteiger partial charge in [-0.15, -0.1) is 10.2 Å². The zero-order chi connectivity index (χ0) is 17.2. The van der Waals surface area contributed by atoms with Gasteiger partial charge in [-0.1, -0.05) is 18.2 Å². The fraction of sp³-hybridized carbons (Fsp3) is 0.278. The average Bonchev–Trinajstić information content (AvgIpc) is 3.07. The minimum Gasteiger partial charge on any atom is -0.349 e. The zero-order valence-electron chi connectivity index (χ0n) is 13.6. The molecule has 1 saturated heterocycles. The van der Waals surface area contributed by atoms with Crippen molar-refractivity contribution in [3.8, 4) is 0 Å². The third-order valence-corrected chi connectivity index (χ3v) is 4.53. The number of carbonyl (C=O) groups excluding carboxylic acids is 1. The summed E-state index contributed by atoms with van der Waals surface area (Å²) in [5.41, 5.74) is 0.904. The molecule has 3 aromatic rings. The van der Waals surface area contributed by atoms with Gasteiger partial charge in [-0.05, 0) is 37.1 Å². The number of hydrogen-bond donors (Lipinski definition) is 1. The van der Waals surface area contributed by atoms with Crippen molar-refractivity contribution in [3.05, 3.63) is 60.0 Å². The van der Waals surface area contributed by atoms with Gasteiger partial charge in [-0.2, -0.15) is 0 Å². The number of hydrogen-bond acceptors (Lipinski definition) is 4. The molecule has 7 heteroatoms. The molecule has 3 heterocycles. The number of halogens is 1. The Hall–Kier alpha value is -2.96. The molecular weight excluding hydrogens is 321 g/mol. The third-order valence-electron chi connectivity index (χ3n) is 4.53. The molecule has 1 aliphatic rings. The lowest BCUT2D eigenvalue weighted by atomic mass is 10.0. The number of nitrogens with one attached hydrogen (secondary N) is 1. The Bertz CT molecular complexity index is 901. The summed E-state index contributed by atoms with van der Waals surface area (Å²) in [4.78, 5) is 14.4. The van der Waals surface area contributed by atoms with Gasteiger partial charge in [0.1, 0.15) is 5.82 Å². The van der Waals surface area contributed by atoms with E-state index in [2.05, 4.69) is 20.4 Å². The van der Waals surface area contributed by atoms with E-state index in [4.69, 9.17) is 0 Å². The van der Waals surface area contributed by atoms with E-state index in [-0.39, 0.29) is 17.5 Å². The number of amides is 1. The Labute approximate surface area is 144 Å². The molecule has 25 heavy (non-hydrogen) atoms. The van der Waals surface area contributed by atoms with Crippen molar-refractivity contribution >= 4 is 17.5 Å². The summed E-state index contributed by atoms with van der Waals surface area (Å²) in [6.07, 6.45) is 3.50. The van der Waals surface area contributed by atoms with E-state index in [0.717, 1.165) is 37.5 Å². The summed E-state index contributed by atoms with van der Waals surface area (Å²) in [5, 5.41) is 11.4. The van der Waals surface area contributed by atoms with Crippen molar-refractivity contribution in [2.24, 2.45) is 0 Å². The molecule has 4 rings (SSSR count). The number of fused-ring (bicyclic) bond motifs is 1. The highest BCUT2D eigenvalue weighted by Crippen LogP contribution is 2.19. The van der Waals surface area contributed by atoms with Gasteiger partial charge in [0.2, 0.25) is 5.95 Å². The van der Waals surface area contributed by atoms with Gasteiger partial charge in [0.15, 0.2) is 5.65 Å². The SMILES string of the molecule is O=C(NC1CCN(c2nnc3ccccn23)CC1)c1ccccc1F. The Balaban J connectivity index is 1.40. The van der Waals surface area contributed by atoms with E-state index < -0.39 is 5.82 Å². The van der Waals surface area contributed by atoms with Crippen LogP contribution in [0, 0.1) is 5.82 Å². The van der Waals surface area contributed by atoms with Crippen molar-refractivity contribution in [1.29, 1.82) is 0 Å². The summed E-state index contributed by atoms with van der Waals surface area (Å²) in [7, 11) is 0. The molecule has 1 N–H and O–H groups in total. The van der Waals surface area contributed by atoms with E-state index in [1.54, 1.807) is 12.1 Å². The zero-order valence-corrected chi connectivity index (χ0v) is 13.6. The molecule has 0 atom stereocenters. The first kappa shape index (κ1) is 15.6. The van der Waals surface area contributed by atoms with E-state index in [1.807, 2.05) is 28.8 Å². The molecule has 128 valence electrons. The second-order valence-corrected chi connectivity index (χ2v) is 6.14. The van der Waals surface area contributed by atoms with E-state index >= 15 is 0 Å². The highest BCUT2D eigenvalue weighted by Gasteiger charge is 2.24. The number of carbonyl (C=O) groups is 1. The van der Waals surface area contributed by atoms with Crippen LogP contribution in [-0.2, 0) is 0 Å². The first-order valence-corrected chi connectivity index (χ1v) is 8.32. The molecule has 6 nitrogen and oxygen atoms in total. The molecule has 1 aromatic carbocycles. The maximum Gasteiger partial charge on any atom is 0.254 e. The van der Waals surface area contributed by atoms with Crippen molar-refractivity contribution < 1.29 is 9.18 Å². The first-order valence-electron chi connectivity index (χ1n) is 8.32. The lowest BCUT2D eigenvalue weighted by Gasteiger charge is -2.32. The maximum absolute atomic E-state index is 13.7. The maximum atomic E-state index is 13.7. The number of pyridine rings is 1. The lowest BCUT2D eigenvalue weighted by Crippen LogP contribution is -2.45. The lowest BCUT2D eigenvalue weighted by molar-refractivity contribution is 0.0927. The standard InChI is InChI=1S/C18H18FN5O/c19-15-6-2-1-5-14(15)17(25)20-13-8-11-23(12-9-13)18-22-21-16-7-3-4-10-24(16)18/h1-7,10,13H,8-9,11-12H2,(H,20,25). The van der Waals surface area contributed by atoms with Crippen LogP contribution in [0.25, 0.3) is 5.65 Å². The highest BCUT2D eigenvalue weighted by atomic mass is 19.1. The monoisotopic (exact) mass is 339 g/mol. The quantitative estimate of drug-likeness (QED) is 0.795. The van der Waals surface area contributed by atoms with E-state index in [9.17, 15) is 9.18 Å². The average molecular weight is 339 g/mol. The third kappa shape index (κ3) is 3.05. The van der Waals surface area contributed by atoms with Crippen molar-refractivity contribution in [2.75, 3.05) is 18.0 Å². The minimum atomic E-state index is -0.493. The van der Waals surface area contributed by atoms with Gasteiger partial charge in [0.25, 0.3) is 5.91 Å². The van der Waals surface area contributed by atoms with E-state index in [1.165, 1.54) is 12.1 Å². The molecule has 1 amide bonds. The van der Waals surface area contributed by atoms with Gasteiger partial charge in [0, 0.05) is 25.3 Å². The molecule has 0 aliphatic carbocycles. The molecule has 2 aromatic heterocycles. The summed E-state index contributed by atoms with van der Waals surface area (Å²) in [6, 6.07) is 11.9. The van der Waals surface area contributed by atoms with Crippen LogP contribution in [0.3, 0.4) is 0 Å². The minimum absolute atomic E-state index is 0.0301. The topological polar surface area (TPSA) is 62.5 Å². The summed E-state index contributed by atoms with van der Waals surface area (Å²) >= 11 is 0. The molecule has 0 radical (unpaired) electrons. The number of nitrogens with zero attached hydrogens (tertiary/aromatic N) is 4. The Morgan fingerprint density at radius 2 is 1.84 bits per heavy atom. The first-order chi connectivity index (χ1) is 12.2. The van der Waals surface area contributed by atoms with Gasteiger partial charge < -0.3 is 10.2 Å². The van der Waals surface area contributed by atoms with Crippen LogP contribution in [0.1, 0.15) is 23.2 Å². The van der Waals surface area contributed by atoms with Gasteiger partial charge >= 0.3 is 0 Å². The molecule has 1 aliphatic heterocycles. The fourth-order valence-corrected chi connectivity index (χ4v) is 3.18. The van der Waals surface area contributed by atoms with Crippen LogP contribution in [0.5, 0.6) is 0 Å². The van der Waals surface area contributed by atoms with Crippen LogP contribution >= 0.6 is 0 Å². The summed E-state index contributed by atoms with van der Waals surface area (Å²) in [5.74, 6) is -0.0358. The molecule has 0 saturated carbocycles. The highest BCUT2D eigenvalue weighted by molar-refractivity contribution is 5.94. The van der Waals surface area contributed by atoms with Crippen molar-refractivity contribution in [3.63, 3.8) is 0 Å². The smallest absolute Gasteiger partial charge is 0.254 e. The van der Waals surface area contributed by atoms with Gasteiger partial charge in [-0.3, -0.25) is 9.20 Å². The number of piperidine rings is 1. The van der Waals surface area contributed by atoms with Gasteiger partial charge in [0.05, 0.1) is 5.56 Å². The second kappa shape index (κ2) is 6.51. The predicted molar refractivity (Wildman–Crippen MR) is 92.1 cm³/mol. The molecule has 1 fully saturated rings. The number of anilines is 1. The van der Waals surface area contributed by atoms with E-state index in [0.29, 0.717) is 0 Å². The molecular formula is C18H18FN5O. The van der Waals surface area contributed by atoms with Crippen LogP contribution in [0.2, 0.25) is 0 Å². The van der Waals surface area contributed by atoms with Crippen LogP contribution in [-0.4, -0.2) is 39.6 Å². The Morgan fingerprint density at radius 1 is 1.08 bits per heavy atom. The predicted octanol–water partition coefficient (Wildman–Crippen LogP) is 2.27. The largest absolute Gasteiger partial charge is 0.349 e.